The monoisotopic (exact) mass is 401 g/mol. The highest BCUT2D eigenvalue weighted by Gasteiger charge is 2.26. The zero-order valence-corrected chi connectivity index (χ0v) is 17.1. The largest absolute Gasteiger partial charge is 0.365 e. The van der Waals surface area contributed by atoms with Gasteiger partial charge in [-0.15, -0.1) is 0 Å². The van der Waals surface area contributed by atoms with E-state index in [1.54, 1.807) is 0 Å². The van der Waals surface area contributed by atoms with Crippen molar-refractivity contribution >= 4 is 45.6 Å². The average Bonchev–Trinajstić information content (AvgIpc) is 2.59. The van der Waals surface area contributed by atoms with Crippen LogP contribution >= 0.6 is 23.2 Å². The van der Waals surface area contributed by atoms with Crippen molar-refractivity contribution in [3.63, 3.8) is 0 Å². The number of halogens is 2. The predicted molar refractivity (Wildman–Crippen MR) is 112 cm³/mol. The van der Waals surface area contributed by atoms with Crippen LogP contribution in [0.2, 0.25) is 10.3 Å². The molecule has 5 nitrogen and oxygen atoms in total. The molecule has 0 bridgehead atoms. The first-order chi connectivity index (χ1) is 12.9. The Morgan fingerprint density at radius 3 is 2.48 bits per heavy atom. The second-order valence-electron chi connectivity index (χ2n) is 7.07. The van der Waals surface area contributed by atoms with Gasteiger partial charge in [-0.2, -0.15) is 0 Å². The van der Waals surface area contributed by atoms with Crippen LogP contribution in [-0.4, -0.2) is 40.6 Å². The third kappa shape index (κ3) is 3.66. The van der Waals surface area contributed by atoms with E-state index in [1.807, 2.05) is 32.0 Å². The Morgan fingerprint density at radius 2 is 1.74 bits per heavy atom. The van der Waals surface area contributed by atoms with Crippen LogP contribution in [0.15, 0.2) is 30.3 Å². The molecule has 3 heterocycles. The highest BCUT2D eigenvalue weighted by molar-refractivity contribution is 6.31. The van der Waals surface area contributed by atoms with Gasteiger partial charge in [0.15, 0.2) is 0 Å². The van der Waals surface area contributed by atoms with Gasteiger partial charge in [0.2, 0.25) is 5.28 Å². The molecule has 0 radical (unpaired) electrons. The Balaban J connectivity index is 1.65. The van der Waals surface area contributed by atoms with Crippen molar-refractivity contribution in [3.8, 4) is 0 Å². The zero-order chi connectivity index (χ0) is 19.1. The summed E-state index contributed by atoms with van der Waals surface area (Å²) in [5.41, 5.74) is 4.02. The van der Waals surface area contributed by atoms with Gasteiger partial charge in [0.25, 0.3) is 0 Å². The summed E-state index contributed by atoms with van der Waals surface area (Å²) < 4.78 is 0. The van der Waals surface area contributed by atoms with Gasteiger partial charge < -0.3 is 9.80 Å². The number of pyridine rings is 1. The van der Waals surface area contributed by atoms with Crippen LogP contribution < -0.4 is 9.80 Å². The van der Waals surface area contributed by atoms with Crippen LogP contribution in [0.5, 0.6) is 0 Å². The van der Waals surface area contributed by atoms with Crippen molar-refractivity contribution < 1.29 is 0 Å². The quantitative estimate of drug-likeness (QED) is 0.584. The third-order valence-corrected chi connectivity index (χ3v) is 5.36. The van der Waals surface area contributed by atoms with E-state index in [2.05, 4.69) is 43.8 Å². The number of hydrogen-bond donors (Lipinski definition) is 0. The summed E-state index contributed by atoms with van der Waals surface area (Å²) in [6.07, 6.45) is 0. The summed E-state index contributed by atoms with van der Waals surface area (Å²) in [7, 11) is 0. The van der Waals surface area contributed by atoms with Crippen molar-refractivity contribution in [2.75, 3.05) is 29.4 Å². The van der Waals surface area contributed by atoms with Gasteiger partial charge in [0.05, 0.1) is 5.52 Å². The van der Waals surface area contributed by atoms with Crippen molar-refractivity contribution in [2.45, 2.75) is 26.8 Å². The van der Waals surface area contributed by atoms with E-state index in [0.717, 1.165) is 47.7 Å². The molecule has 4 rings (SSSR count). The number of fused-ring (bicyclic) bond motifs is 1. The molecule has 0 spiro atoms. The summed E-state index contributed by atoms with van der Waals surface area (Å²) in [4.78, 5) is 17.9. The van der Waals surface area contributed by atoms with Crippen molar-refractivity contribution in [3.05, 3.63) is 52.0 Å². The molecule has 1 aliphatic heterocycles. The van der Waals surface area contributed by atoms with Gasteiger partial charge in [-0.05, 0) is 56.6 Å². The maximum absolute atomic E-state index is 6.17. The molecule has 0 aliphatic carbocycles. The van der Waals surface area contributed by atoms with Crippen LogP contribution in [0.25, 0.3) is 10.9 Å². The van der Waals surface area contributed by atoms with Gasteiger partial charge in [0.1, 0.15) is 5.82 Å². The molecule has 0 amide bonds. The molecule has 2 aromatic heterocycles. The number of piperazine rings is 1. The van der Waals surface area contributed by atoms with Crippen molar-refractivity contribution in [1.82, 2.24) is 15.0 Å². The molecule has 1 unspecified atom stereocenters. The van der Waals surface area contributed by atoms with E-state index in [0.29, 0.717) is 16.3 Å². The Labute approximate surface area is 169 Å². The Bertz CT molecular complexity index is 982. The fraction of sp³-hybridized carbons (Fsp3) is 0.350. The Hall–Kier alpha value is -2.11. The smallest absolute Gasteiger partial charge is 0.224 e. The number of anilines is 2. The lowest BCUT2D eigenvalue weighted by Crippen LogP contribution is -2.52. The van der Waals surface area contributed by atoms with E-state index >= 15 is 0 Å². The molecule has 7 heteroatoms. The van der Waals surface area contributed by atoms with E-state index in [9.17, 15) is 0 Å². The van der Waals surface area contributed by atoms with E-state index in [-0.39, 0.29) is 0 Å². The lowest BCUT2D eigenvalue weighted by molar-refractivity contribution is 0.548. The first kappa shape index (κ1) is 18.3. The SMILES string of the molecule is Cc1cc(N2CCN(c3cc(C)nc4cc(Cl)ccc34)C(C)C2)nc(Cl)n1. The fourth-order valence-corrected chi connectivity index (χ4v) is 4.14. The molecule has 1 aliphatic rings. The van der Waals surface area contributed by atoms with E-state index in [4.69, 9.17) is 23.2 Å². The van der Waals surface area contributed by atoms with Crippen molar-refractivity contribution in [1.29, 1.82) is 0 Å². The molecule has 3 aromatic rings. The van der Waals surface area contributed by atoms with Gasteiger partial charge in [-0.1, -0.05) is 11.6 Å². The molecule has 1 aromatic carbocycles. The lowest BCUT2D eigenvalue weighted by Gasteiger charge is -2.42. The highest BCUT2D eigenvalue weighted by atomic mass is 35.5. The van der Waals surface area contributed by atoms with Crippen LogP contribution in [0.4, 0.5) is 11.5 Å². The second-order valence-corrected chi connectivity index (χ2v) is 7.84. The molecular weight excluding hydrogens is 381 g/mol. The number of hydrogen-bond acceptors (Lipinski definition) is 5. The minimum atomic E-state index is 0.299. The zero-order valence-electron chi connectivity index (χ0n) is 15.6. The summed E-state index contributed by atoms with van der Waals surface area (Å²) >= 11 is 12.2. The van der Waals surface area contributed by atoms with Gasteiger partial charge in [-0.3, -0.25) is 4.98 Å². The van der Waals surface area contributed by atoms with Gasteiger partial charge >= 0.3 is 0 Å². The van der Waals surface area contributed by atoms with Crippen LogP contribution in [0, 0.1) is 13.8 Å². The number of rotatable bonds is 2. The highest BCUT2D eigenvalue weighted by Crippen LogP contribution is 2.32. The molecule has 27 heavy (non-hydrogen) atoms. The molecule has 1 atom stereocenters. The predicted octanol–water partition coefficient (Wildman–Crippen LogP) is 4.66. The molecule has 1 fully saturated rings. The molecule has 140 valence electrons. The Morgan fingerprint density at radius 1 is 0.963 bits per heavy atom. The molecular formula is C20H21Cl2N5. The van der Waals surface area contributed by atoms with Crippen LogP contribution in [-0.2, 0) is 0 Å². The number of aryl methyl sites for hydroxylation is 2. The van der Waals surface area contributed by atoms with Crippen molar-refractivity contribution in [2.24, 2.45) is 0 Å². The first-order valence-corrected chi connectivity index (χ1v) is 9.76. The maximum atomic E-state index is 6.17. The van der Waals surface area contributed by atoms with Crippen LogP contribution in [0.1, 0.15) is 18.3 Å². The lowest BCUT2D eigenvalue weighted by atomic mass is 10.1. The average molecular weight is 402 g/mol. The second kappa shape index (κ2) is 7.13. The molecule has 0 saturated carbocycles. The summed E-state index contributed by atoms with van der Waals surface area (Å²) in [5.74, 6) is 0.890. The summed E-state index contributed by atoms with van der Waals surface area (Å²) in [5, 5.41) is 2.14. The summed E-state index contributed by atoms with van der Waals surface area (Å²) in [6.45, 7) is 8.82. The number of aromatic nitrogens is 3. The maximum Gasteiger partial charge on any atom is 0.224 e. The van der Waals surface area contributed by atoms with Gasteiger partial charge in [-0.25, -0.2) is 9.97 Å². The normalized spacial score (nSPS) is 17.6. The summed E-state index contributed by atoms with van der Waals surface area (Å²) in [6, 6.07) is 10.4. The number of benzene rings is 1. The molecule has 0 N–H and O–H groups in total. The van der Waals surface area contributed by atoms with E-state index < -0.39 is 0 Å². The number of nitrogens with zero attached hydrogens (tertiary/aromatic N) is 5. The first-order valence-electron chi connectivity index (χ1n) is 9.00. The van der Waals surface area contributed by atoms with Gasteiger partial charge in [0, 0.05) is 59.2 Å². The minimum Gasteiger partial charge on any atom is -0.365 e. The third-order valence-electron chi connectivity index (χ3n) is 4.95. The topological polar surface area (TPSA) is 45.2 Å². The van der Waals surface area contributed by atoms with E-state index in [1.165, 1.54) is 5.69 Å². The van der Waals surface area contributed by atoms with Crippen LogP contribution in [0.3, 0.4) is 0 Å². The standard InChI is InChI=1S/C20H21Cl2N5/c1-12-8-18(16-5-4-15(21)10-17(16)23-12)27-7-6-26(11-14(27)3)19-9-13(2)24-20(22)25-19/h4-5,8-10,14H,6-7,11H2,1-3H3. The Kier molecular flexibility index (Phi) is 4.82. The fourth-order valence-electron chi connectivity index (χ4n) is 3.75. The molecule has 1 saturated heterocycles. The minimum absolute atomic E-state index is 0.299.